The minimum Gasteiger partial charge on any atom is -0.306 e. The normalized spacial score (nSPS) is 10.9. The maximum atomic E-state index is 2.49. The van der Waals surface area contributed by atoms with Crippen molar-refractivity contribution < 1.29 is 0 Å². The molecule has 0 aromatic rings. The van der Waals surface area contributed by atoms with Crippen molar-refractivity contribution in [1.29, 1.82) is 0 Å². The number of nitrogens with zero attached hydrogens (tertiary/aromatic N) is 1. The summed E-state index contributed by atoms with van der Waals surface area (Å²) in [5, 5.41) is 0. The lowest BCUT2D eigenvalue weighted by atomic mass is 10.1. The molecule has 0 bridgehead atoms. The fourth-order valence-electron chi connectivity index (χ4n) is 3.05. The highest BCUT2D eigenvalue weighted by atomic mass is 33.1. The van der Waals surface area contributed by atoms with Crippen molar-refractivity contribution in [1.82, 2.24) is 4.90 Å². The Morgan fingerprint density at radius 3 is 1.25 bits per heavy atom. The molecule has 0 aromatic carbocycles. The molecule has 1 nitrogen and oxygen atoms in total. The lowest BCUT2D eigenvalue weighted by molar-refractivity contribution is 0.343. The first-order valence-corrected chi connectivity index (χ1v) is 15.1. The van der Waals surface area contributed by atoms with Crippen LogP contribution in [0.2, 0.25) is 0 Å². The molecule has 0 atom stereocenters. The number of hydrogen-bond acceptors (Lipinski definition) is 3. The standard InChI is InChI=1S/C15H33NS2.C10H22/c1-4-6-7-8-9-10-11-12-16(3)13-15-18-17-14-5-2;1-3-5-7-9-10-8-6-4-2/h4-15H2,1-3H3;3-10H2,1-2H3. The molecule has 28 heavy (non-hydrogen) atoms. The summed E-state index contributed by atoms with van der Waals surface area (Å²) in [4.78, 5) is 2.49. The van der Waals surface area contributed by atoms with E-state index in [1.165, 1.54) is 127 Å². The zero-order chi connectivity index (χ0) is 21.1. The van der Waals surface area contributed by atoms with Crippen LogP contribution in [0.15, 0.2) is 0 Å². The third-order valence-corrected chi connectivity index (χ3v) is 7.62. The molecule has 0 saturated carbocycles. The molecule has 0 amide bonds. The summed E-state index contributed by atoms with van der Waals surface area (Å²) in [5.74, 6) is 2.57. The van der Waals surface area contributed by atoms with Crippen LogP contribution in [0, 0.1) is 0 Å². The smallest absolute Gasteiger partial charge is 0.0165 e. The van der Waals surface area contributed by atoms with Gasteiger partial charge in [0.05, 0.1) is 0 Å². The van der Waals surface area contributed by atoms with Crippen LogP contribution in [0.4, 0.5) is 0 Å². The molecular formula is C25H55NS2. The highest BCUT2D eigenvalue weighted by Gasteiger charge is 1.98. The molecule has 0 N–H and O–H groups in total. The topological polar surface area (TPSA) is 3.24 Å². The zero-order valence-electron chi connectivity index (χ0n) is 20.4. The molecule has 0 aliphatic heterocycles. The summed E-state index contributed by atoms with van der Waals surface area (Å²) in [6.07, 6.45) is 22.7. The highest BCUT2D eigenvalue weighted by Crippen LogP contribution is 2.21. The molecule has 172 valence electrons. The van der Waals surface area contributed by atoms with Crippen LogP contribution in [0.1, 0.15) is 130 Å². The second-order valence-electron chi connectivity index (χ2n) is 8.19. The fourth-order valence-corrected chi connectivity index (χ4v) is 5.27. The summed E-state index contributed by atoms with van der Waals surface area (Å²) in [6.45, 7) is 11.6. The predicted molar refractivity (Wildman–Crippen MR) is 139 cm³/mol. The van der Waals surface area contributed by atoms with E-state index in [2.05, 4.69) is 39.6 Å². The van der Waals surface area contributed by atoms with Crippen molar-refractivity contribution in [2.45, 2.75) is 130 Å². The Morgan fingerprint density at radius 2 is 0.821 bits per heavy atom. The molecule has 0 spiro atoms. The van der Waals surface area contributed by atoms with Crippen molar-refractivity contribution in [2.75, 3.05) is 31.6 Å². The lowest BCUT2D eigenvalue weighted by Gasteiger charge is -2.15. The highest BCUT2D eigenvalue weighted by molar-refractivity contribution is 8.76. The molecule has 0 aliphatic rings. The molecule has 0 aromatic heterocycles. The first kappa shape index (κ1) is 30.9. The van der Waals surface area contributed by atoms with Crippen LogP contribution in [0.5, 0.6) is 0 Å². The van der Waals surface area contributed by atoms with E-state index >= 15 is 0 Å². The van der Waals surface area contributed by atoms with Gasteiger partial charge in [0.25, 0.3) is 0 Å². The van der Waals surface area contributed by atoms with Crippen molar-refractivity contribution in [3.63, 3.8) is 0 Å². The van der Waals surface area contributed by atoms with Crippen molar-refractivity contribution in [3.8, 4) is 0 Å². The largest absolute Gasteiger partial charge is 0.306 e. The summed E-state index contributed by atoms with van der Waals surface area (Å²) in [7, 11) is 6.32. The second kappa shape index (κ2) is 29.9. The Labute approximate surface area is 188 Å². The van der Waals surface area contributed by atoms with Gasteiger partial charge in [0.15, 0.2) is 0 Å². The SMILES string of the molecule is CCCCCCCCCC.CCCCCCCCCN(C)CCSSCCC. The lowest BCUT2D eigenvalue weighted by Crippen LogP contribution is -2.22. The summed E-state index contributed by atoms with van der Waals surface area (Å²) >= 11 is 0. The average molecular weight is 434 g/mol. The van der Waals surface area contributed by atoms with Crippen LogP contribution in [0.3, 0.4) is 0 Å². The average Bonchev–Trinajstić information content (AvgIpc) is 2.70. The Morgan fingerprint density at radius 1 is 0.429 bits per heavy atom. The molecule has 0 fully saturated rings. The van der Waals surface area contributed by atoms with Crippen LogP contribution in [-0.4, -0.2) is 36.5 Å². The number of rotatable bonds is 21. The number of hydrogen-bond donors (Lipinski definition) is 0. The van der Waals surface area contributed by atoms with Gasteiger partial charge in [0.1, 0.15) is 0 Å². The van der Waals surface area contributed by atoms with E-state index in [0.717, 1.165) is 0 Å². The van der Waals surface area contributed by atoms with Crippen LogP contribution < -0.4 is 0 Å². The zero-order valence-corrected chi connectivity index (χ0v) is 22.0. The van der Waals surface area contributed by atoms with Gasteiger partial charge >= 0.3 is 0 Å². The first-order chi connectivity index (χ1) is 13.7. The fraction of sp³-hybridized carbons (Fsp3) is 1.00. The summed E-state index contributed by atoms with van der Waals surface area (Å²) in [5.41, 5.74) is 0. The van der Waals surface area contributed by atoms with Gasteiger partial charge in [-0.2, -0.15) is 0 Å². The van der Waals surface area contributed by atoms with Gasteiger partial charge in [-0.05, 0) is 26.4 Å². The molecule has 0 rings (SSSR count). The first-order valence-electron chi connectivity index (χ1n) is 12.7. The van der Waals surface area contributed by atoms with Gasteiger partial charge < -0.3 is 4.90 Å². The van der Waals surface area contributed by atoms with E-state index in [9.17, 15) is 0 Å². The summed E-state index contributed by atoms with van der Waals surface area (Å²) in [6, 6.07) is 0. The van der Waals surface area contributed by atoms with E-state index in [0.29, 0.717) is 0 Å². The van der Waals surface area contributed by atoms with E-state index < -0.39 is 0 Å². The van der Waals surface area contributed by atoms with Gasteiger partial charge in [0, 0.05) is 18.1 Å². The van der Waals surface area contributed by atoms with E-state index in [-0.39, 0.29) is 0 Å². The van der Waals surface area contributed by atoms with E-state index in [1.54, 1.807) is 0 Å². The van der Waals surface area contributed by atoms with Gasteiger partial charge in [-0.3, -0.25) is 0 Å². The van der Waals surface area contributed by atoms with Crippen LogP contribution >= 0.6 is 21.6 Å². The van der Waals surface area contributed by atoms with Gasteiger partial charge in [0.2, 0.25) is 0 Å². The quantitative estimate of drug-likeness (QED) is 0.131. The minimum atomic E-state index is 1.25. The molecule has 0 unspecified atom stereocenters. The minimum absolute atomic E-state index is 1.25. The van der Waals surface area contributed by atoms with E-state index in [1.807, 2.05) is 21.6 Å². The Bertz CT molecular complexity index is 241. The van der Waals surface area contributed by atoms with Gasteiger partial charge in [-0.1, -0.05) is 139 Å². The molecule has 0 aliphatic carbocycles. The summed E-state index contributed by atoms with van der Waals surface area (Å²) < 4.78 is 0. The maximum absolute atomic E-state index is 2.49. The van der Waals surface area contributed by atoms with E-state index in [4.69, 9.17) is 0 Å². The molecule has 0 radical (unpaired) electrons. The second-order valence-corrected chi connectivity index (χ2v) is 10.9. The molecule has 0 heterocycles. The molecular weight excluding hydrogens is 378 g/mol. The monoisotopic (exact) mass is 433 g/mol. The van der Waals surface area contributed by atoms with Crippen molar-refractivity contribution in [3.05, 3.63) is 0 Å². The Balaban J connectivity index is 0. The van der Waals surface area contributed by atoms with Gasteiger partial charge in [-0.15, -0.1) is 0 Å². The molecule has 0 saturated heterocycles. The number of unbranched alkanes of at least 4 members (excludes halogenated alkanes) is 13. The van der Waals surface area contributed by atoms with Gasteiger partial charge in [-0.25, -0.2) is 0 Å². The third kappa shape index (κ3) is 31.4. The molecule has 3 heteroatoms. The van der Waals surface area contributed by atoms with Crippen LogP contribution in [0.25, 0.3) is 0 Å². The van der Waals surface area contributed by atoms with Crippen molar-refractivity contribution >= 4 is 21.6 Å². The van der Waals surface area contributed by atoms with Crippen molar-refractivity contribution in [2.24, 2.45) is 0 Å². The Kier molecular flexibility index (Phi) is 32.9. The maximum Gasteiger partial charge on any atom is 0.0165 e. The van der Waals surface area contributed by atoms with Crippen LogP contribution in [-0.2, 0) is 0 Å². The Hall–Kier alpha value is 0.660. The third-order valence-electron chi connectivity index (χ3n) is 5.03. The predicted octanol–water partition coefficient (Wildman–Crippen LogP) is 9.61.